The van der Waals surface area contributed by atoms with Crippen molar-refractivity contribution in [3.05, 3.63) is 69.7 Å². The number of hydrogen-bond donors (Lipinski definition) is 0. The summed E-state index contributed by atoms with van der Waals surface area (Å²) in [6.45, 7) is 4.20. The second-order valence-corrected chi connectivity index (χ2v) is 6.67. The maximum Gasteiger partial charge on any atom is 0.159 e. The Morgan fingerprint density at radius 1 is 1.13 bits per heavy atom. The van der Waals surface area contributed by atoms with Crippen LogP contribution in [-0.2, 0) is 4.74 Å². The van der Waals surface area contributed by atoms with Gasteiger partial charge in [0.25, 0.3) is 0 Å². The number of halogens is 3. The highest BCUT2D eigenvalue weighted by Gasteiger charge is 2.26. The lowest BCUT2D eigenvalue weighted by molar-refractivity contribution is -0.0432. The van der Waals surface area contributed by atoms with Gasteiger partial charge >= 0.3 is 0 Å². The van der Waals surface area contributed by atoms with Gasteiger partial charge in [-0.05, 0) is 42.3 Å². The molecule has 1 heterocycles. The first-order valence-corrected chi connectivity index (χ1v) is 8.40. The highest BCUT2D eigenvalue weighted by atomic mass is 79.9. The van der Waals surface area contributed by atoms with Crippen LogP contribution in [0.1, 0.15) is 30.2 Å². The van der Waals surface area contributed by atoms with E-state index in [2.05, 4.69) is 39.9 Å². The minimum Gasteiger partial charge on any atom is -0.371 e. The molecule has 0 N–H and O–H groups in total. The van der Waals surface area contributed by atoms with Gasteiger partial charge in [0.05, 0.1) is 12.7 Å². The van der Waals surface area contributed by atoms with Crippen molar-refractivity contribution in [2.45, 2.75) is 19.1 Å². The summed E-state index contributed by atoms with van der Waals surface area (Å²) in [5.41, 5.74) is 1.90. The molecule has 1 aliphatic heterocycles. The first-order chi connectivity index (χ1) is 11.0. The molecule has 122 valence electrons. The highest BCUT2D eigenvalue weighted by Crippen LogP contribution is 2.29. The van der Waals surface area contributed by atoms with Crippen molar-refractivity contribution in [2.24, 2.45) is 0 Å². The molecule has 2 aromatic rings. The predicted octanol–water partition coefficient (Wildman–Crippen LogP) is 4.86. The van der Waals surface area contributed by atoms with Gasteiger partial charge in [-0.2, -0.15) is 0 Å². The Morgan fingerprint density at radius 2 is 1.87 bits per heavy atom. The van der Waals surface area contributed by atoms with E-state index in [1.807, 2.05) is 12.1 Å². The number of benzene rings is 2. The summed E-state index contributed by atoms with van der Waals surface area (Å²) in [4.78, 5) is 2.30. The van der Waals surface area contributed by atoms with Crippen LogP contribution in [0.25, 0.3) is 0 Å². The normalized spacial score (nSPS) is 20.4. The molecule has 2 nitrogen and oxygen atoms in total. The third-order valence-electron chi connectivity index (χ3n) is 4.31. The molecule has 0 spiro atoms. The topological polar surface area (TPSA) is 12.5 Å². The van der Waals surface area contributed by atoms with Crippen LogP contribution in [-0.4, -0.2) is 24.6 Å². The van der Waals surface area contributed by atoms with E-state index in [0.29, 0.717) is 18.7 Å². The Balaban J connectivity index is 1.74. The van der Waals surface area contributed by atoms with Gasteiger partial charge in [-0.3, -0.25) is 4.90 Å². The van der Waals surface area contributed by atoms with Gasteiger partial charge in [0.15, 0.2) is 11.6 Å². The zero-order valence-corrected chi connectivity index (χ0v) is 14.4. The summed E-state index contributed by atoms with van der Waals surface area (Å²) >= 11 is 3.44. The lowest BCUT2D eigenvalue weighted by atomic mass is 10.0. The van der Waals surface area contributed by atoms with Crippen LogP contribution in [0.5, 0.6) is 0 Å². The van der Waals surface area contributed by atoms with Crippen LogP contribution >= 0.6 is 15.9 Å². The third kappa shape index (κ3) is 3.79. The van der Waals surface area contributed by atoms with E-state index in [0.717, 1.165) is 17.1 Å². The minimum absolute atomic E-state index is 0.236. The second kappa shape index (κ2) is 7.07. The van der Waals surface area contributed by atoms with E-state index >= 15 is 0 Å². The van der Waals surface area contributed by atoms with E-state index in [1.165, 1.54) is 11.6 Å². The largest absolute Gasteiger partial charge is 0.371 e. The zero-order chi connectivity index (χ0) is 16.4. The maximum atomic E-state index is 13.4. The Labute approximate surface area is 143 Å². The molecule has 0 saturated carbocycles. The molecule has 0 aromatic heterocycles. The smallest absolute Gasteiger partial charge is 0.159 e. The first-order valence-electron chi connectivity index (χ1n) is 7.60. The van der Waals surface area contributed by atoms with E-state index in [-0.39, 0.29) is 12.1 Å². The SMILES string of the molecule is CC(c1ccc(Br)cc1)N1CCOC(c2ccc(F)c(F)c2)C1. The molecule has 1 saturated heterocycles. The molecule has 3 rings (SSSR count). The number of hydrogen-bond acceptors (Lipinski definition) is 2. The molecular formula is C18H18BrF2NO. The maximum absolute atomic E-state index is 13.4. The molecule has 1 aliphatic rings. The van der Waals surface area contributed by atoms with E-state index in [1.54, 1.807) is 6.07 Å². The molecule has 0 bridgehead atoms. The lowest BCUT2D eigenvalue weighted by Crippen LogP contribution is -2.39. The standard InChI is InChI=1S/C18H18BrF2NO/c1-12(13-2-5-15(19)6-3-13)22-8-9-23-18(11-22)14-4-7-16(20)17(21)10-14/h2-7,10,12,18H,8-9,11H2,1H3. The van der Waals surface area contributed by atoms with Crippen molar-refractivity contribution >= 4 is 15.9 Å². The molecule has 1 fully saturated rings. The molecule has 23 heavy (non-hydrogen) atoms. The Kier molecular flexibility index (Phi) is 5.09. The van der Waals surface area contributed by atoms with Crippen molar-refractivity contribution in [1.29, 1.82) is 0 Å². The number of ether oxygens (including phenoxy) is 1. The average Bonchev–Trinajstić information content (AvgIpc) is 2.57. The van der Waals surface area contributed by atoms with Gasteiger partial charge in [0.2, 0.25) is 0 Å². The molecular weight excluding hydrogens is 364 g/mol. The van der Waals surface area contributed by atoms with Crippen LogP contribution in [0.2, 0.25) is 0 Å². The Bertz CT molecular complexity index is 677. The van der Waals surface area contributed by atoms with Crippen molar-refractivity contribution in [2.75, 3.05) is 19.7 Å². The van der Waals surface area contributed by atoms with Crippen molar-refractivity contribution in [1.82, 2.24) is 4.90 Å². The highest BCUT2D eigenvalue weighted by molar-refractivity contribution is 9.10. The van der Waals surface area contributed by atoms with Gasteiger partial charge < -0.3 is 4.74 Å². The van der Waals surface area contributed by atoms with Crippen LogP contribution < -0.4 is 0 Å². The van der Waals surface area contributed by atoms with Crippen molar-refractivity contribution in [3.63, 3.8) is 0 Å². The number of nitrogens with zero attached hydrogens (tertiary/aromatic N) is 1. The van der Waals surface area contributed by atoms with Gasteiger partial charge in [-0.25, -0.2) is 8.78 Å². The fraction of sp³-hybridized carbons (Fsp3) is 0.333. The molecule has 0 aliphatic carbocycles. The fourth-order valence-electron chi connectivity index (χ4n) is 2.89. The Morgan fingerprint density at radius 3 is 2.57 bits per heavy atom. The van der Waals surface area contributed by atoms with Gasteiger partial charge in [0.1, 0.15) is 0 Å². The minimum atomic E-state index is -0.829. The van der Waals surface area contributed by atoms with Crippen LogP contribution in [0.4, 0.5) is 8.78 Å². The lowest BCUT2D eigenvalue weighted by Gasteiger charge is -2.37. The van der Waals surface area contributed by atoms with Gasteiger partial charge in [-0.15, -0.1) is 0 Å². The summed E-state index contributed by atoms with van der Waals surface area (Å²) < 4.78 is 33.3. The monoisotopic (exact) mass is 381 g/mol. The van der Waals surface area contributed by atoms with Gasteiger partial charge in [-0.1, -0.05) is 34.1 Å². The van der Waals surface area contributed by atoms with Crippen LogP contribution in [0, 0.1) is 11.6 Å². The number of morpholine rings is 1. The summed E-state index contributed by atoms with van der Waals surface area (Å²) in [6, 6.07) is 12.5. The number of rotatable bonds is 3. The summed E-state index contributed by atoms with van der Waals surface area (Å²) in [5.74, 6) is -1.66. The Hall–Kier alpha value is -1.30. The molecule has 5 heteroatoms. The fourth-order valence-corrected chi connectivity index (χ4v) is 3.15. The summed E-state index contributed by atoms with van der Waals surface area (Å²) in [6.07, 6.45) is -0.239. The van der Waals surface area contributed by atoms with E-state index in [4.69, 9.17) is 4.74 Å². The second-order valence-electron chi connectivity index (χ2n) is 5.76. The van der Waals surface area contributed by atoms with Crippen LogP contribution in [0.15, 0.2) is 46.9 Å². The van der Waals surface area contributed by atoms with E-state index in [9.17, 15) is 8.78 Å². The molecule has 2 unspecified atom stereocenters. The van der Waals surface area contributed by atoms with Gasteiger partial charge in [0, 0.05) is 23.6 Å². The third-order valence-corrected chi connectivity index (χ3v) is 4.84. The quantitative estimate of drug-likeness (QED) is 0.752. The summed E-state index contributed by atoms with van der Waals surface area (Å²) in [7, 11) is 0. The zero-order valence-electron chi connectivity index (χ0n) is 12.8. The molecule has 0 amide bonds. The van der Waals surface area contributed by atoms with Crippen LogP contribution in [0.3, 0.4) is 0 Å². The molecule has 2 atom stereocenters. The van der Waals surface area contributed by atoms with E-state index < -0.39 is 11.6 Å². The molecule has 2 aromatic carbocycles. The average molecular weight is 382 g/mol. The van der Waals surface area contributed by atoms with Crippen molar-refractivity contribution in [3.8, 4) is 0 Å². The molecule has 0 radical (unpaired) electrons. The summed E-state index contributed by atoms with van der Waals surface area (Å²) in [5, 5.41) is 0. The first kappa shape index (κ1) is 16.6. The predicted molar refractivity (Wildman–Crippen MR) is 89.2 cm³/mol. The van der Waals surface area contributed by atoms with Crippen molar-refractivity contribution < 1.29 is 13.5 Å².